The molecule has 0 aliphatic carbocycles. The average molecular weight is 338 g/mol. The lowest BCUT2D eigenvalue weighted by atomic mass is 9.95. The van der Waals surface area contributed by atoms with Gasteiger partial charge in [-0.1, -0.05) is 24.3 Å². The zero-order valence-electron chi connectivity index (χ0n) is 14.0. The Balaban J connectivity index is 2.10. The summed E-state index contributed by atoms with van der Waals surface area (Å²) in [6.07, 6.45) is 3.29. The van der Waals surface area contributed by atoms with E-state index < -0.39 is 17.7 Å². The predicted octanol–water partition coefficient (Wildman–Crippen LogP) is 2.57. The molecule has 1 aliphatic rings. The van der Waals surface area contributed by atoms with E-state index in [0.29, 0.717) is 11.3 Å². The summed E-state index contributed by atoms with van der Waals surface area (Å²) in [5.41, 5.74) is 1.53. The van der Waals surface area contributed by atoms with Crippen LogP contribution in [0.3, 0.4) is 0 Å². The van der Waals surface area contributed by atoms with Crippen LogP contribution in [0.15, 0.2) is 60.1 Å². The highest BCUT2D eigenvalue weighted by atomic mass is 16.5. The summed E-state index contributed by atoms with van der Waals surface area (Å²) < 4.78 is 5.39. The molecule has 3 rings (SSSR count). The molecule has 1 unspecified atom stereocenters. The monoisotopic (exact) mass is 338 g/mol. The Morgan fingerprint density at radius 2 is 2.04 bits per heavy atom. The van der Waals surface area contributed by atoms with E-state index in [9.17, 15) is 14.7 Å². The molecule has 1 aromatic carbocycles. The van der Waals surface area contributed by atoms with Gasteiger partial charge in [-0.3, -0.25) is 14.6 Å². The van der Waals surface area contributed by atoms with Crippen LogP contribution in [0.4, 0.5) is 0 Å². The molecule has 0 saturated carbocycles. The highest BCUT2D eigenvalue weighted by Crippen LogP contribution is 2.41. The van der Waals surface area contributed by atoms with E-state index in [-0.39, 0.29) is 17.9 Å². The minimum Gasteiger partial charge on any atom is -0.503 e. The summed E-state index contributed by atoms with van der Waals surface area (Å²) in [7, 11) is 1.53. The van der Waals surface area contributed by atoms with E-state index in [4.69, 9.17) is 4.74 Å². The van der Waals surface area contributed by atoms with Crippen molar-refractivity contribution in [3.8, 4) is 5.75 Å². The molecule has 0 bridgehead atoms. The highest BCUT2D eigenvalue weighted by molar-refractivity contribution is 6.08. The average Bonchev–Trinajstić information content (AvgIpc) is 2.87. The summed E-state index contributed by atoms with van der Waals surface area (Å²) in [6, 6.07) is 10.1. The number of ether oxygens (including phenoxy) is 1. The van der Waals surface area contributed by atoms with Crippen molar-refractivity contribution in [1.82, 2.24) is 9.88 Å². The number of aliphatic hydroxyl groups is 1. The SMILES string of the molecule is COc1ccccc1C1C(C(C)=O)=C(O)C(=O)N1Cc1cccnc1. The molecular weight excluding hydrogens is 320 g/mol. The molecule has 2 aromatic rings. The number of aromatic nitrogens is 1. The Morgan fingerprint density at radius 3 is 2.68 bits per heavy atom. The summed E-state index contributed by atoms with van der Waals surface area (Å²) in [5, 5.41) is 10.3. The number of carbonyl (C=O) groups is 2. The van der Waals surface area contributed by atoms with Gasteiger partial charge in [0.15, 0.2) is 11.5 Å². The molecule has 2 heterocycles. The second-order valence-electron chi connectivity index (χ2n) is 5.76. The van der Waals surface area contributed by atoms with Gasteiger partial charge in [0.25, 0.3) is 5.91 Å². The Bertz CT molecular complexity index is 846. The first-order valence-corrected chi connectivity index (χ1v) is 7.81. The first kappa shape index (κ1) is 16.7. The second-order valence-corrected chi connectivity index (χ2v) is 5.76. The van der Waals surface area contributed by atoms with E-state index in [1.807, 2.05) is 12.1 Å². The van der Waals surface area contributed by atoms with Crippen LogP contribution in [0.25, 0.3) is 0 Å². The van der Waals surface area contributed by atoms with E-state index in [2.05, 4.69) is 4.98 Å². The Labute approximate surface area is 145 Å². The van der Waals surface area contributed by atoms with Crippen LogP contribution in [0.1, 0.15) is 24.1 Å². The van der Waals surface area contributed by atoms with Crippen LogP contribution in [0.2, 0.25) is 0 Å². The minimum absolute atomic E-state index is 0.0818. The van der Waals surface area contributed by atoms with Crippen molar-refractivity contribution in [3.63, 3.8) is 0 Å². The molecule has 0 radical (unpaired) electrons. The molecule has 25 heavy (non-hydrogen) atoms. The first-order chi connectivity index (χ1) is 12.0. The number of carbonyl (C=O) groups excluding carboxylic acids is 2. The van der Waals surface area contributed by atoms with Gasteiger partial charge >= 0.3 is 0 Å². The zero-order chi connectivity index (χ0) is 18.0. The number of amides is 1. The van der Waals surface area contributed by atoms with E-state index in [1.54, 1.807) is 36.7 Å². The maximum atomic E-state index is 12.6. The summed E-state index contributed by atoms with van der Waals surface area (Å²) >= 11 is 0. The van der Waals surface area contributed by atoms with Gasteiger partial charge < -0.3 is 14.7 Å². The molecule has 1 atom stereocenters. The fraction of sp³-hybridized carbons (Fsp3) is 0.211. The molecular formula is C19H18N2O4. The van der Waals surface area contributed by atoms with Crippen molar-refractivity contribution in [1.29, 1.82) is 0 Å². The van der Waals surface area contributed by atoms with Gasteiger partial charge in [0.05, 0.1) is 18.7 Å². The van der Waals surface area contributed by atoms with Gasteiger partial charge in [0.2, 0.25) is 0 Å². The summed E-state index contributed by atoms with van der Waals surface area (Å²) in [4.78, 5) is 30.3. The van der Waals surface area contributed by atoms with Crippen LogP contribution in [0.5, 0.6) is 5.75 Å². The number of hydrogen-bond acceptors (Lipinski definition) is 5. The third-order valence-electron chi connectivity index (χ3n) is 4.19. The van der Waals surface area contributed by atoms with Crippen molar-refractivity contribution in [2.24, 2.45) is 0 Å². The molecule has 1 amide bonds. The molecule has 0 spiro atoms. The number of rotatable bonds is 5. The number of ketones is 1. The molecule has 0 fully saturated rings. The largest absolute Gasteiger partial charge is 0.503 e. The molecule has 0 saturated heterocycles. The van der Waals surface area contributed by atoms with Crippen LogP contribution in [-0.2, 0) is 16.1 Å². The van der Waals surface area contributed by atoms with Gasteiger partial charge in [-0.05, 0) is 24.6 Å². The lowest BCUT2D eigenvalue weighted by molar-refractivity contribution is -0.130. The van der Waals surface area contributed by atoms with Gasteiger partial charge in [0.1, 0.15) is 5.75 Å². The van der Waals surface area contributed by atoms with Crippen LogP contribution in [0, 0.1) is 0 Å². The molecule has 1 aliphatic heterocycles. The zero-order valence-corrected chi connectivity index (χ0v) is 14.0. The van der Waals surface area contributed by atoms with Crippen molar-refractivity contribution in [2.45, 2.75) is 19.5 Å². The van der Waals surface area contributed by atoms with Crippen LogP contribution >= 0.6 is 0 Å². The fourth-order valence-electron chi connectivity index (χ4n) is 3.08. The topological polar surface area (TPSA) is 79.7 Å². The van der Waals surface area contributed by atoms with Gasteiger partial charge in [-0.25, -0.2) is 0 Å². The Kier molecular flexibility index (Phi) is 4.52. The second kappa shape index (κ2) is 6.76. The molecule has 1 N–H and O–H groups in total. The summed E-state index contributed by atoms with van der Waals surface area (Å²) in [6.45, 7) is 1.56. The third-order valence-corrected chi connectivity index (χ3v) is 4.19. The molecule has 6 heteroatoms. The third kappa shape index (κ3) is 2.98. The van der Waals surface area contributed by atoms with Gasteiger partial charge in [-0.15, -0.1) is 0 Å². The molecule has 128 valence electrons. The van der Waals surface area contributed by atoms with Crippen molar-refractivity contribution >= 4 is 11.7 Å². The van der Waals surface area contributed by atoms with Crippen molar-refractivity contribution in [2.75, 3.05) is 7.11 Å². The smallest absolute Gasteiger partial charge is 0.290 e. The molecule has 6 nitrogen and oxygen atoms in total. The van der Waals surface area contributed by atoms with Crippen LogP contribution in [-0.4, -0.2) is 33.8 Å². The lowest BCUT2D eigenvalue weighted by Crippen LogP contribution is -2.30. The number of hydrogen-bond donors (Lipinski definition) is 1. The van der Waals surface area contributed by atoms with Gasteiger partial charge in [-0.2, -0.15) is 0 Å². The number of nitrogens with zero attached hydrogens (tertiary/aromatic N) is 2. The first-order valence-electron chi connectivity index (χ1n) is 7.81. The maximum Gasteiger partial charge on any atom is 0.290 e. The van der Waals surface area contributed by atoms with E-state index >= 15 is 0 Å². The normalized spacial score (nSPS) is 17.1. The maximum absolute atomic E-state index is 12.6. The van der Waals surface area contributed by atoms with Crippen molar-refractivity contribution in [3.05, 3.63) is 71.3 Å². The number of Topliss-reactive ketones (excluding diaryl/α,β-unsaturated/α-hetero) is 1. The Morgan fingerprint density at radius 1 is 1.28 bits per heavy atom. The number of pyridine rings is 1. The molecule has 1 aromatic heterocycles. The minimum atomic E-state index is -0.707. The number of para-hydroxylation sites is 1. The number of benzene rings is 1. The number of aliphatic hydroxyl groups excluding tert-OH is 1. The van der Waals surface area contributed by atoms with E-state index in [1.165, 1.54) is 18.9 Å². The van der Waals surface area contributed by atoms with E-state index in [0.717, 1.165) is 5.56 Å². The predicted molar refractivity (Wildman–Crippen MR) is 90.9 cm³/mol. The number of methoxy groups -OCH3 is 1. The summed E-state index contributed by atoms with van der Waals surface area (Å²) in [5.74, 6) is -0.891. The standard InChI is InChI=1S/C19H18N2O4/c1-12(22)16-17(14-7-3-4-8-15(14)25-2)21(19(24)18(16)23)11-13-6-5-9-20-10-13/h3-10,17,23H,11H2,1-2H3. The van der Waals surface area contributed by atoms with Gasteiger partial charge in [0, 0.05) is 24.5 Å². The van der Waals surface area contributed by atoms with Crippen LogP contribution < -0.4 is 4.74 Å². The van der Waals surface area contributed by atoms with Crippen molar-refractivity contribution < 1.29 is 19.4 Å². The fourth-order valence-corrected chi connectivity index (χ4v) is 3.08. The quantitative estimate of drug-likeness (QED) is 0.906. The Hall–Kier alpha value is -3.15. The highest BCUT2D eigenvalue weighted by Gasteiger charge is 2.43. The lowest BCUT2D eigenvalue weighted by Gasteiger charge is -2.27.